The average molecular weight is 275 g/mol. The molecule has 0 radical (unpaired) electrons. The van der Waals surface area contributed by atoms with Crippen molar-refractivity contribution in [2.75, 3.05) is 5.73 Å². The van der Waals surface area contributed by atoms with Crippen LogP contribution in [0.4, 0.5) is 9.52 Å². The molecule has 0 saturated heterocycles. The van der Waals surface area contributed by atoms with Crippen molar-refractivity contribution in [1.29, 1.82) is 5.26 Å². The Hall–Kier alpha value is -1.93. The van der Waals surface area contributed by atoms with Gasteiger partial charge < -0.3 is 5.73 Å². The van der Waals surface area contributed by atoms with Crippen LogP contribution in [-0.2, 0) is 12.8 Å². The van der Waals surface area contributed by atoms with E-state index in [-0.39, 0.29) is 0 Å². The van der Waals surface area contributed by atoms with E-state index in [9.17, 15) is 4.39 Å². The first kappa shape index (κ1) is 13.5. The Morgan fingerprint density at radius 1 is 1.47 bits per heavy atom. The van der Waals surface area contributed by atoms with Crippen LogP contribution in [0.1, 0.15) is 35.0 Å². The minimum absolute atomic E-state index is 0.370. The monoisotopic (exact) mass is 275 g/mol. The first-order chi connectivity index (χ1) is 9.13. The lowest BCUT2D eigenvalue weighted by atomic mass is 10.0. The van der Waals surface area contributed by atoms with Gasteiger partial charge in [-0.15, -0.1) is 11.3 Å². The second kappa shape index (κ2) is 5.81. The predicted molar refractivity (Wildman–Crippen MR) is 74.4 cm³/mol. The predicted octanol–water partition coefficient (Wildman–Crippen LogP) is 3.28. The molecule has 0 unspecified atom stereocenters. The lowest BCUT2D eigenvalue weighted by Crippen LogP contribution is -1.96. The van der Waals surface area contributed by atoms with Crippen molar-refractivity contribution in [3.05, 3.63) is 45.7 Å². The molecule has 1 aromatic carbocycles. The van der Waals surface area contributed by atoms with E-state index in [2.05, 4.69) is 11.9 Å². The summed E-state index contributed by atoms with van der Waals surface area (Å²) in [7, 11) is 0. The van der Waals surface area contributed by atoms with Gasteiger partial charge in [0.2, 0.25) is 0 Å². The van der Waals surface area contributed by atoms with E-state index < -0.39 is 5.82 Å². The number of rotatable bonds is 4. The second-order valence-corrected chi connectivity index (χ2v) is 5.38. The van der Waals surface area contributed by atoms with Crippen molar-refractivity contribution in [3.8, 4) is 6.07 Å². The zero-order valence-electron chi connectivity index (χ0n) is 10.6. The number of nitrogen functional groups attached to an aromatic ring is 1. The van der Waals surface area contributed by atoms with E-state index in [1.54, 1.807) is 6.07 Å². The summed E-state index contributed by atoms with van der Waals surface area (Å²) in [5.41, 5.74) is 7.90. The lowest BCUT2D eigenvalue weighted by Gasteiger charge is -2.04. The third-order valence-electron chi connectivity index (χ3n) is 2.82. The van der Waals surface area contributed by atoms with Gasteiger partial charge in [0, 0.05) is 11.3 Å². The van der Waals surface area contributed by atoms with Gasteiger partial charge in [-0.1, -0.05) is 19.4 Å². The van der Waals surface area contributed by atoms with E-state index in [1.165, 1.54) is 23.5 Å². The number of halogens is 1. The summed E-state index contributed by atoms with van der Waals surface area (Å²) in [5, 5.41) is 9.59. The maximum Gasteiger partial charge on any atom is 0.180 e. The molecular weight excluding hydrogens is 261 g/mol. The second-order valence-electron chi connectivity index (χ2n) is 4.26. The molecular formula is C14H14FN3S. The summed E-state index contributed by atoms with van der Waals surface area (Å²) in [6.07, 6.45) is 2.43. The molecule has 19 heavy (non-hydrogen) atoms. The van der Waals surface area contributed by atoms with Crippen LogP contribution in [0.25, 0.3) is 0 Å². The van der Waals surface area contributed by atoms with Gasteiger partial charge in [-0.3, -0.25) is 0 Å². The quantitative estimate of drug-likeness (QED) is 0.931. The van der Waals surface area contributed by atoms with Crippen molar-refractivity contribution >= 4 is 16.5 Å². The molecule has 0 spiro atoms. The van der Waals surface area contributed by atoms with Crippen molar-refractivity contribution < 1.29 is 4.39 Å². The maximum absolute atomic E-state index is 13.1. The molecule has 2 N–H and O–H groups in total. The molecule has 2 aromatic rings. The molecule has 1 aromatic heterocycles. The van der Waals surface area contributed by atoms with Gasteiger partial charge in [-0.25, -0.2) is 9.37 Å². The van der Waals surface area contributed by atoms with Crippen molar-refractivity contribution in [3.63, 3.8) is 0 Å². The number of hydrogen-bond donors (Lipinski definition) is 1. The lowest BCUT2D eigenvalue weighted by molar-refractivity contribution is 0.626. The van der Waals surface area contributed by atoms with Gasteiger partial charge in [-0.2, -0.15) is 5.26 Å². The van der Waals surface area contributed by atoms with Crippen LogP contribution in [0.3, 0.4) is 0 Å². The summed E-state index contributed by atoms with van der Waals surface area (Å²) in [4.78, 5) is 5.37. The summed E-state index contributed by atoms with van der Waals surface area (Å²) in [6.45, 7) is 2.08. The first-order valence-electron chi connectivity index (χ1n) is 6.06. The Balaban J connectivity index is 2.33. The number of nitrogens with zero attached hydrogens (tertiary/aromatic N) is 2. The number of anilines is 1. The number of aromatic nitrogens is 1. The Bertz CT molecular complexity index is 628. The number of hydrogen-bond acceptors (Lipinski definition) is 4. The third-order valence-corrected chi connectivity index (χ3v) is 3.75. The largest absolute Gasteiger partial charge is 0.375 e. The van der Waals surface area contributed by atoms with Gasteiger partial charge in [0.15, 0.2) is 5.13 Å². The van der Waals surface area contributed by atoms with E-state index in [0.717, 1.165) is 29.0 Å². The van der Waals surface area contributed by atoms with Crippen molar-refractivity contribution in [2.45, 2.75) is 26.2 Å². The molecule has 0 bridgehead atoms. The van der Waals surface area contributed by atoms with Crippen LogP contribution >= 0.6 is 11.3 Å². The highest BCUT2D eigenvalue weighted by atomic mass is 32.1. The normalized spacial score (nSPS) is 10.4. The Morgan fingerprint density at radius 2 is 2.26 bits per heavy atom. The minimum Gasteiger partial charge on any atom is -0.375 e. The van der Waals surface area contributed by atoms with Gasteiger partial charge in [0.25, 0.3) is 0 Å². The molecule has 0 amide bonds. The van der Waals surface area contributed by atoms with Crippen molar-refractivity contribution in [1.82, 2.24) is 4.98 Å². The van der Waals surface area contributed by atoms with Crippen LogP contribution in [0.2, 0.25) is 0 Å². The third kappa shape index (κ3) is 3.09. The van der Waals surface area contributed by atoms with Crippen LogP contribution in [0.15, 0.2) is 18.2 Å². The highest BCUT2D eigenvalue weighted by Gasteiger charge is 2.12. The summed E-state index contributed by atoms with van der Waals surface area (Å²) in [5.74, 6) is -0.391. The number of aryl methyl sites for hydroxylation is 1. The Morgan fingerprint density at radius 3 is 2.95 bits per heavy atom. The fraction of sp³-hybridized carbons (Fsp3) is 0.286. The molecule has 0 aliphatic heterocycles. The summed E-state index contributed by atoms with van der Waals surface area (Å²) >= 11 is 1.44. The molecule has 0 fully saturated rings. The molecule has 0 saturated carbocycles. The fourth-order valence-corrected chi connectivity index (χ4v) is 2.85. The van der Waals surface area contributed by atoms with E-state index in [1.807, 2.05) is 6.07 Å². The van der Waals surface area contributed by atoms with Gasteiger partial charge in [-0.05, 0) is 24.1 Å². The average Bonchev–Trinajstić information content (AvgIpc) is 2.72. The van der Waals surface area contributed by atoms with E-state index in [4.69, 9.17) is 11.0 Å². The molecule has 0 aliphatic carbocycles. The van der Waals surface area contributed by atoms with Gasteiger partial charge in [0.05, 0.1) is 17.3 Å². The van der Waals surface area contributed by atoms with E-state index in [0.29, 0.717) is 17.1 Å². The number of nitrogens with two attached hydrogens (primary N) is 1. The summed E-state index contributed by atoms with van der Waals surface area (Å²) in [6, 6.07) is 6.32. The topological polar surface area (TPSA) is 62.7 Å². The van der Waals surface area contributed by atoms with Crippen LogP contribution < -0.4 is 5.73 Å². The van der Waals surface area contributed by atoms with Crippen LogP contribution in [-0.4, -0.2) is 4.98 Å². The number of benzene rings is 1. The molecule has 5 heteroatoms. The fourth-order valence-electron chi connectivity index (χ4n) is 1.95. The smallest absolute Gasteiger partial charge is 0.180 e. The molecule has 3 nitrogen and oxygen atoms in total. The van der Waals surface area contributed by atoms with Crippen LogP contribution in [0.5, 0.6) is 0 Å². The molecule has 0 aliphatic rings. The Kier molecular flexibility index (Phi) is 4.13. The minimum atomic E-state index is -0.391. The zero-order chi connectivity index (χ0) is 13.8. The molecule has 98 valence electrons. The highest BCUT2D eigenvalue weighted by molar-refractivity contribution is 7.15. The Labute approximate surface area is 115 Å². The molecule has 1 heterocycles. The standard InChI is InChI=1S/C14H14FN3S/c1-2-3-12-13(19-14(17)18-12)7-9-4-5-11(15)6-10(9)8-16/h4-6H,2-3,7H2,1H3,(H2,17,18). The highest BCUT2D eigenvalue weighted by Crippen LogP contribution is 2.26. The summed E-state index contributed by atoms with van der Waals surface area (Å²) < 4.78 is 13.1. The number of thiazole rings is 1. The zero-order valence-corrected chi connectivity index (χ0v) is 11.4. The van der Waals surface area contributed by atoms with Crippen molar-refractivity contribution in [2.24, 2.45) is 0 Å². The number of nitriles is 1. The van der Waals surface area contributed by atoms with E-state index >= 15 is 0 Å². The molecule has 0 atom stereocenters. The van der Waals surface area contributed by atoms with Gasteiger partial charge in [0.1, 0.15) is 5.82 Å². The maximum atomic E-state index is 13.1. The van der Waals surface area contributed by atoms with Gasteiger partial charge >= 0.3 is 0 Å². The van der Waals surface area contributed by atoms with Crippen LogP contribution in [0, 0.1) is 17.1 Å². The first-order valence-corrected chi connectivity index (χ1v) is 6.88. The SMILES string of the molecule is CCCc1nc(N)sc1Cc1ccc(F)cc1C#N. The molecule has 2 rings (SSSR count).